The zero-order chi connectivity index (χ0) is 13.7. The van der Waals surface area contributed by atoms with Gasteiger partial charge in [-0.1, -0.05) is 12.1 Å². The number of thiophene rings is 1. The molecule has 1 aromatic heterocycles. The van der Waals surface area contributed by atoms with E-state index in [0.29, 0.717) is 0 Å². The average Bonchev–Trinajstić information content (AvgIpc) is 3.14. The van der Waals surface area contributed by atoms with Gasteiger partial charge in [0.2, 0.25) is 0 Å². The molecule has 0 N–H and O–H groups in total. The second kappa shape index (κ2) is 4.83. The zero-order valence-electron chi connectivity index (χ0n) is 11.3. The third-order valence-corrected chi connectivity index (χ3v) is 6.98. The molecular formula is C15H14N2S3. The Kier molecular flexibility index (Phi) is 3.09. The normalized spacial score (nSPS) is 18.1. The Morgan fingerprint density at radius 3 is 3.05 bits per heavy atom. The molecule has 20 heavy (non-hydrogen) atoms. The molecular weight excluding hydrogens is 304 g/mol. The van der Waals surface area contributed by atoms with Crippen LogP contribution in [0.2, 0.25) is 0 Å². The Labute approximate surface area is 131 Å². The quantitative estimate of drug-likeness (QED) is 0.803. The van der Waals surface area contributed by atoms with Crippen molar-refractivity contribution in [1.29, 1.82) is 0 Å². The maximum Gasteiger partial charge on any atom is 0.169 e. The monoisotopic (exact) mass is 318 g/mol. The molecule has 0 saturated carbocycles. The summed E-state index contributed by atoms with van der Waals surface area (Å²) in [6.45, 7) is 4.13. The van der Waals surface area contributed by atoms with Crippen LogP contribution in [0.25, 0.3) is 15.8 Å². The van der Waals surface area contributed by atoms with Crippen molar-refractivity contribution in [3.8, 4) is 0 Å². The summed E-state index contributed by atoms with van der Waals surface area (Å²) in [4.78, 5) is 7.00. The predicted octanol–water partition coefficient (Wildman–Crippen LogP) is 4.62. The van der Waals surface area contributed by atoms with Crippen LogP contribution >= 0.6 is 34.9 Å². The molecule has 4 rings (SSSR count). The molecule has 0 atom stereocenters. The number of fused-ring (bicyclic) bond motifs is 2. The number of hydrogen-bond acceptors (Lipinski definition) is 5. The summed E-state index contributed by atoms with van der Waals surface area (Å²) in [6.07, 6.45) is 2.16. The summed E-state index contributed by atoms with van der Waals surface area (Å²) in [5.74, 6) is 0. The summed E-state index contributed by atoms with van der Waals surface area (Å²) < 4.78 is 2.78. The van der Waals surface area contributed by atoms with Gasteiger partial charge in [0.05, 0.1) is 16.5 Å². The highest BCUT2D eigenvalue weighted by Crippen LogP contribution is 2.48. The number of nitrogens with zero attached hydrogens (tertiary/aromatic N) is 2. The van der Waals surface area contributed by atoms with Crippen LogP contribution in [-0.4, -0.2) is 29.4 Å². The molecule has 0 saturated heterocycles. The van der Waals surface area contributed by atoms with E-state index in [1.165, 1.54) is 36.3 Å². The van der Waals surface area contributed by atoms with Crippen molar-refractivity contribution in [2.75, 3.05) is 19.3 Å². The molecule has 2 nitrogen and oxygen atoms in total. The molecule has 1 aromatic carbocycles. The predicted molar refractivity (Wildman–Crippen MR) is 93.6 cm³/mol. The van der Waals surface area contributed by atoms with Crippen molar-refractivity contribution >= 4 is 55.8 Å². The van der Waals surface area contributed by atoms with E-state index in [2.05, 4.69) is 46.7 Å². The van der Waals surface area contributed by atoms with Gasteiger partial charge in [0.15, 0.2) is 5.17 Å². The smallest absolute Gasteiger partial charge is 0.169 e. The van der Waals surface area contributed by atoms with Crippen LogP contribution in [0.15, 0.2) is 32.8 Å². The molecule has 0 radical (unpaired) electrons. The second-order valence-corrected chi connectivity index (χ2v) is 7.82. The lowest BCUT2D eigenvalue weighted by atomic mass is 10.0. The Balaban J connectivity index is 1.96. The molecule has 0 spiro atoms. The van der Waals surface area contributed by atoms with Crippen molar-refractivity contribution in [2.45, 2.75) is 6.92 Å². The minimum Gasteiger partial charge on any atom is -0.317 e. The van der Waals surface area contributed by atoms with Gasteiger partial charge in [0, 0.05) is 22.2 Å². The molecule has 0 fully saturated rings. The van der Waals surface area contributed by atoms with Crippen LogP contribution < -0.4 is 0 Å². The van der Waals surface area contributed by atoms with Gasteiger partial charge in [-0.25, -0.2) is 0 Å². The minimum absolute atomic E-state index is 0.923. The number of aliphatic imine (C=N–C) groups is 1. The van der Waals surface area contributed by atoms with Crippen molar-refractivity contribution < 1.29 is 0 Å². The van der Waals surface area contributed by atoms with Crippen molar-refractivity contribution in [3.05, 3.63) is 38.9 Å². The lowest BCUT2D eigenvalue weighted by molar-refractivity contribution is 0.650. The van der Waals surface area contributed by atoms with Crippen LogP contribution in [0, 0.1) is 6.92 Å². The first-order valence-electron chi connectivity index (χ1n) is 6.55. The van der Waals surface area contributed by atoms with Gasteiger partial charge in [-0.15, -0.1) is 23.1 Å². The van der Waals surface area contributed by atoms with Gasteiger partial charge in [0.25, 0.3) is 0 Å². The average molecular weight is 318 g/mol. The van der Waals surface area contributed by atoms with E-state index < -0.39 is 0 Å². The molecule has 2 aliphatic rings. The standard InChI is InChI=1S/C15H14N2S3/c1-9-3-4-10(11-5-8-19-13(9)11)12-14(18-2)20-15-16-6-7-17(12)15/h3-5,8H,6-7H2,1-2H3. The fraction of sp³-hybridized carbons (Fsp3) is 0.267. The first-order valence-corrected chi connectivity index (χ1v) is 9.47. The molecule has 102 valence electrons. The van der Waals surface area contributed by atoms with E-state index >= 15 is 0 Å². The zero-order valence-corrected chi connectivity index (χ0v) is 13.8. The Bertz CT molecular complexity index is 758. The number of hydrogen-bond donors (Lipinski definition) is 0. The number of aryl methyl sites for hydroxylation is 1. The van der Waals surface area contributed by atoms with Crippen molar-refractivity contribution in [3.63, 3.8) is 0 Å². The van der Waals surface area contributed by atoms with Crippen LogP contribution in [0.1, 0.15) is 11.1 Å². The van der Waals surface area contributed by atoms with E-state index in [4.69, 9.17) is 0 Å². The number of rotatable bonds is 2. The molecule has 2 aliphatic heterocycles. The molecule has 0 aliphatic carbocycles. The largest absolute Gasteiger partial charge is 0.317 e. The molecule has 0 amide bonds. The van der Waals surface area contributed by atoms with Gasteiger partial charge in [-0.3, -0.25) is 4.99 Å². The Morgan fingerprint density at radius 1 is 1.30 bits per heavy atom. The molecule has 3 heterocycles. The molecule has 0 bridgehead atoms. The minimum atomic E-state index is 0.923. The summed E-state index contributed by atoms with van der Waals surface area (Å²) >= 11 is 5.49. The maximum absolute atomic E-state index is 4.61. The van der Waals surface area contributed by atoms with E-state index in [0.717, 1.165) is 13.1 Å². The fourth-order valence-electron chi connectivity index (χ4n) is 2.76. The Hall–Kier alpha value is -0.910. The number of benzene rings is 1. The first-order chi connectivity index (χ1) is 9.79. The first kappa shape index (κ1) is 12.8. The maximum atomic E-state index is 4.61. The number of amidine groups is 1. The van der Waals surface area contributed by atoms with Crippen LogP contribution in [0.5, 0.6) is 0 Å². The van der Waals surface area contributed by atoms with E-state index in [-0.39, 0.29) is 0 Å². The van der Waals surface area contributed by atoms with Gasteiger partial charge < -0.3 is 4.90 Å². The van der Waals surface area contributed by atoms with Gasteiger partial charge in [-0.05, 0) is 42.0 Å². The molecule has 0 unspecified atom stereocenters. The van der Waals surface area contributed by atoms with E-state index in [9.17, 15) is 0 Å². The highest BCUT2D eigenvalue weighted by Gasteiger charge is 2.33. The van der Waals surface area contributed by atoms with Crippen molar-refractivity contribution in [1.82, 2.24) is 4.90 Å². The van der Waals surface area contributed by atoms with Gasteiger partial charge in [0.1, 0.15) is 0 Å². The highest BCUT2D eigenvalue weighted by atomic mass is 32.2. The van der Waals surface area contributed by atoms with Gasteiger partial charge >= 0.3 is 0 Å². The molecule has 5 heteroatoms. The molecule has 2 aromatic rings. The van der Waals surface area contributed by atoms with Crippen LogP contribution in [0.3, 0.4) is 0 Å². The Morgan fingerprint density at radius 2 is 2.20 bits per heavy atom. The van der Waals surface area contributed by atoms with Gasteiger partial charge in [-0.2, -0.15) is 0 Å². The summed E-state index contributed by atoms with van der Waals surface area (Å²) in [7, 11) is 0. The third kappa shape index (κ3) is 1.76. The van der Waals surface area contributed by atoms with E-state index in [1.807, 2.05) is 34.9 Å². The van der Waals surface area contributed by atoms with Crippen LogP contribution in [0.4, 0.5) is 0 Å². The fourth-order valence-corrected chi connectivity index (χ4v) is 5.56. The summed E-state index contributed by atoms with van der Waals surface area (Å²) in [5.41, 5.74) is 4.09. The van der Waals surface area contributed by atoms with E-state index in [1.54, 1.807) is 0 Å². The topological polar surface area (TPSA) is 15.6 Å². The summed E-state index contributed by atoms with van der Waals surface area (Å²) in [5, 5.41) is 4.75. The second-order valence-electron chi connectivity index (χ2n) is 4.85. The lowest BCUT2D eigenvalue weighted by Gasteiger charge is -2.18. The van der Waals surface area contributed by atoms with Crippen LogP contribution in [-0.2, 0) is 0 Å². The SMILES string of the molecule is CSC1=C(c2ccc(C)c3sccc23)N2CCN=C2S1. The van der Waals surface area contributed by atoms with Crippen molar-refractivity contribution in [2.24, 2.45) is 4.99 Å². The summed E-state index contributed by atoms with van der Waals surface area (Å²) in [6, 6.07) is 6.77. The third-order valence-electron chi connectivity index (χ3n) is 3.70. The lowest BCUT2D eigenvalue weighted by Crippen LogP contribution is -2.20. The highest BCUT2D eigenvalue weighted by molar-refractivity contribution is 8.30. The number of thioether (sulfide) groups is 2.